The number of esters is 1. The summed E-state index contributed by atoms with van der Waals surface area (Å²) in [5.41, 5.74) is 0. The summed E-state index contributed by atoms with van der Waals surface area (Å²) < 4.78 is 5.48. The van der Waals surface area contributed by atoms with Gasteiger partial charge in [-0.2, -0.15) is 0 Å². The molecule has 0 N–H and O–H groups in total. The quantitative estimate of drug-likeness (QED) is 0.721. The number of piperazine rings is 1. The van der Waals surface area contributed by atoms with Gasteiger partial charge < -0.3 is 9.64 Å². The summed E-state index contributed by atoms with van der Waals surface area (Å²) in [4.78, 5) is 16.8. The van der Waals surface area contributed by atoms with Crippen molar-refractivity contribution in [1.29, 1.82) is 0 Å². The summed E-state index contributed by atoms with van der Waals surface area (Å²) in [7, 11) is 2.15. The number of carbonyl (C=O) groups excluding carboxylic acids is 1. The number of carbonyl (C=O) groups is 1. The lowest BCUT2D eigenvalue weighted by Crippen LogP contribution is -2.45. The van der Waals surface area contributed by atoms with Crippen LogP contribution in [0.15, 0.2) is 24.3 Å². The standard InChI is InChI=1S/C16H24N2O2/c1-17-7-9-18(10-8-17)11-12-20-16(19)15-13-5-3-2-4-6-14(13)15/h2-5,13-15H,6-12H2,1H3. The molecule has 0 aromatic heterocycles. The number of ether oxygens (including phenoxy) is 1. The van der Waals surface area contributed by atoms with E-state index in [-0.39, 0.29) is 11.9 Å². The molecular weight excluding hydrogens is 252 g/mol. The van der Waals surface area contributed by atoms with Crippen LogP contribution in [0.4, 0.5) is 0 Å². The van der Waals surface area contributed by atoms with E-state index >= 15 is 0 Å². The molecule has 0 radical (unpaired) electrons. The highest BCUT2D eigenvalue weighted by atomic mass is 16.5. The van der Waals surface area contributed by atoms with Crippen LogP contribution in [0.1, 0.15) is 6.42 Å². The molecule has 1 heterocycles. The van der Waals surface area contributed by atoms with E-state index in [9.17, 15) is 4.79 Å². The second kappa shape index (κ2) is 6.10. The predicted molar refractivity (Wildman–Crippen MR) is 78.3 cm³/mol. The lowest BCUT2D eigenvalue weighted by Gasteiger charge is -2.32. The fourth-order valence-corrected chi connectivity index (χ4v) is 3.25. The highest BCUT2D eigenvalue weighted by Crippen LogP contribution is 2.51. The van der Waals surface area contributed by atoms with Gasteiger partial charge in [-0.25, -0.2) is 0 Å². The van der Waals surface area contributed by atoms with Crippen LogP contribution in [0.25, 0.3) is 0 Å². The monoisotopic (exact) mass is 276 g/mol. The molecular formula is C16H24N2O2. The molecule has 1 aliphatic heterocycles. The summed E-state index contributed by atoms with van der Waals surface area (Å²) in [5, 5.41) is 0. The molecule has 1 saturated carbocycles. The number of nitrogens with zero attached hydrogens (tertiary/aromatic N) is 2. The van der Waals surface area contributed by atoms with Crippen LogP contribution in [0.2, 0.25) is 0 Å². The maximum absolute atomic E-state index is 12.1. The minimum atomic E-state index is 0.00841. The van der Waals surface area contributed by atoms with Crippen molar-refractivity contribution in [3.8, 4) is 0 Å². The van der Waals surface area contributed by atoms with Crippen LogP contribution in [0.3, 0.4) is 0 Å². The molecule has 2 fully saturated rings. The van der Waals surface area contributed by atoms with Crippen molar-refractivity contribution in [2.24, 2.45) is 17.8 Å². The van der Waals surface area contributed by atoms with Crippen LogP contribution < -0.4 is 0 Å². The first-order chi connectivity index (χ1) is 9.75. The van der Waals surface area contributed by atoms with Gasteiger partial charge in [0.15, 0.2) is 0 Å². The highest BCUT2D eigenvalue weighted by molar-refractivity contribution is 5.77. The summed E-state index contributed by atoms with van der Waals surface area (Å²) in [6.45, 7) is 5.79. The second-order valence-electron chi connectivity index (χ2n) is 6.13. The van der Waals surface area contributed by atoms with Crippen LogP contribution in [0, 0.1) is 17.8 Å². The van der Waals surface area contributed by atoms with E-state index in [0.29, 0.717) is 18.4 Å². The van der Waals surface area contributed by atoms with Crippen molar-refractivity contribution >= 4 is 5.97 Å². The molecule has 0 amide bonds. The zero-order valence-electron chi connectivity index (χ0n) is 12.2. The van der Waals surface area contributed by atoms with Crippen molar-refractivity contribution in [1.82, 2.24) is 9.80 Å². The van der Waals surface area contributed by atoms with Gasteiger partial charge in [-0.3, -0.25) is 9.69 Å². The molecule has 20 heavy (non-hydrogen) atoms. The molecule has 3 atom stereocenters. The van der Waals surface area contributed by atoms with Gasteiger partial charge in [-0.15, -0.1) is 0 Å². The van der Waals surface area contributed by atoms with Crippen molar-refractivity contribution in [2.75, 3.05) is 46.4 Å². The summed E-state index contributed by atoms with van der Waals surface area (Å²) >= 11 is 0. The third-order valence-electron chi connectivity index (χ3n) is 4.74. The maximum Gasteiger partial charge on any atom is 0.309 e. The van der Waals surface area contributed by atoms with E-state index in [4.69, 9.17) is 4.74 Å². The number of hydrogen-bond acceptors (Lipinski definition) is 4. The molecule has 0 bridgehead atoms. The Hall–Kier alpha value is -1.13. The largest absolute Gasteiger partial charge is 0.464 e. The number of fused-ring (bicyclic) bond motifs is 1. The van der Waals surface area contributed by atoms with E-state index in [2.05, 4.69) is 41.2 Å². The van der Waals surface area contributed by atoms with Crippen molar-refractivity contribution in [3.63, 3.8) is 0 Å². The highest BCUT2D eigenvalue weighted by Gasteiger charge is 2.53. The van der Waals surface area contributed by atoms with Crippen LogP contribution >= 0.6 is 0 Å². The lowest BCUT2D eigenvalue weighted by molar-refractivity contribution is -0.146. The minimum absolute atomic E-state index is 0.00841. The smallest absolute Gasteiger partial charge is 0.309 e. The Balaban J connectivity index is 1.36. The van der Waals surface area contributed by atoms with Gasteiger partial charge in [0.05, 0.1) is 5.92 Å². The fourth-order valence-electron chi connectivity index (χ4n) is 3.25. The van der Waals surface area contributed by atoms with Gasteiger partial charge in [-0.1, -0.05) is 24.3 Å². The van der Waals surface area contributed by atoms with Crippen LogP contribution in [0.5, 0.6) is 0 Å². The van der Waals surface area contributed by atoms with Crippen molar-refractivity contribution in [2.45, 2.75) is 6.42 Å². The average Bonchev–Trinajstić information content (AvgIpc) is 3.16. The first kappa shape index (κ1) is 13.8. The van der Waals surface area contributed by atoms with E-state index in [1.165, 1.54) is 0 Å². The van der Waals surface area contributed by atoms with Gasteiger partial charge in [-0.05, 0) is 25.3 Å². The minimum Gasteiger partial charge on any atom is -0.464 e. The number of hydrogen-bond donors (Lipinski definition) is 0. The molecule has 0 spiro atoms. The fraction of sp³-hybridized carbons (Fsp3) is 0.688. The SMILES string of the molecule is CN1CCN(CCOC(=O)C2C3C=CC=CCC32)CC1. The number of allylic oxidation sites excluding steroid dienone is 4. The molecule has 3 aliphatic rings. The zero-order valence-corrected chi connectivity index (χ0v) is 12.2. The van der Waals surface area contributed by atoms with Crippen LogP contribution in [-0.2, 0) is 9.53 Å². The third-order valence-corrected chi connectivity index (χ3v) is 4.74. The Bertz CT molecular complexity index is 411. The lowest BCUT2D eigenvalue weighted by atomic mass is 10.2. The van der Waals surface area contributed by atoms with Gasteiger partial charge in [0.25, 0.3) is 0 Å². The van der Waals surface area contributed by atoms with Crippen molar-refractivity contribution in [3.05, 3.63) is 24.3 Å². The van der Waals surface area contributed by atoms with E-state index in [1.54, 1.807) is 0 Å². The Kier molecular flexibility index (Phi) is 4.22. The average molecular weight is 276 g/mol. The summed E-state index contributed by atoms with van der Waals surface area (Å²) in [6, 6.07) is 0. The Labute approximate surface area is 121 Å². The molecule has 0 aromatic carbocycles. The predicted octanol–water partition coefficient (Wildman–Crippen LogP) is 1.16. The van der Waals surface area contributed by atoms with Crippen molar-refractivity contribution < 1.29 is 9.53 Å². The maximum atomic E-state index is 12.1. The summed E-state index contributed by atoms with van der Waals surface area (Å²) in [5.74, 6) is 1.03. The van der Waals surface area contributed by atoms with E-state index < -0.39 is 0 Å². The van der Waals surface area contributed by atoms with Gasteiger partial charge >= 0.3 is 5.97 Å². The first-order valence-corrected chi connectivity index (χ1v) is 7.66. The first-order valence-electron chi connectivity index (χ1n) is 7.66. The molecule has 4 nitrogen and oxygen atoms in total. The van der Waals surface area contributed by atoms with Gasteiger partial charge in [0.1, 0.15) is 6.61 Å². The molecule has 3 rings (SSSR count). The Morgan fingerprint density at radius 2 is 2.05 bits per heavy atom. The number of likely N-dealkylation sites (N-methyl/N-ethyl adjacent to an activating group) is 1. The van der Waals surface area contributed by atoms with Gasteiger partial charge in [0, 0.05) is 32.7 Å². The van der Waals surface area contributed by atoms with Gasteiger partial charge in [0.2, 0.25) is 0 Å². The molecule has 3 unspecified atom stereocenters. The third kappa shape index (κ3) is 3.13. The molecule has 2 aliphatic carbocycles. The normalized spacial score (nSPS) is 33.5. The van der Waals surface area contributed by atoms with E-state index in [1.807, 2.05) is 0 Å². The molecule has 0 aromatic rings. The second-order valence-corrected chi connectivity index (χ2v) is 6.13. The Morgan fingerprint density at radius 1 is 1.25 bits per heavy atom. The molecule has 1 saturated heterocycles. The molecule has 4 heteroatoms. The summed E-state index contributed by atoms with van der Waals surface area (Å²) in [6.07, 6.45) is 9.44. The zero-order chi connectivity index (χ0) is 13.9. The Morgan fingerprint density at radius 3 is 2.85 bits per heavy atom. The topological polar surface area (TPSA) is 32.8 Å². The van der Waals surface area contributed by atoms with E-state index in [0.717, 1.165) is 39.1 Å². The molecule has 110 valence electrons. The number of rotatable bonds is 4. The van der Waals surface area contributed by atoms with Crippen LogP contribution in [-0.4, -0.2) is 62.1 Å².